The molecule has 2 amide bonds. The molecular weight excluding hydrogens is 312 g/mol. The Kier molecular flexibility index (Phi) is 3.00. The lowest BCUT2D eigenvalue weighted by atomic mass is 9.99. The molecule has 3 aliphatic rings. The van der Waals surface area contributed by atoms with E-state index in [0.717, 1.165) is 4.90 Å². The summed E-state index contributed by atoms with van der Waals surface area (Å²) in [6.07, 6.45) is 9.63. The van der Waals surface area contributed by atoms with Crippen molar-refractivity contribution in [3.05, 3.63) is 94.8 Å². The minimum absolute atomic E-state index is 0.0996. The highest BCUT2D eigenvalue weighted by molar-refractivity contribution is 6.22. The Morgan fingerprint density at radius 3 is 2.12 bits per heavy atom. The highest BCUT2D eigenvalue weighted by Gasteiger charge is 2.46. The Labute approximate surface area is 136 Å². The number of nitrogens with zero attached hydrogens (tertiary/aromatic N) is 1. The fourth-order valence-electron chi connectivity index (χ4n) is 3.02. The molecule has 2 bridgehead atoms. The maximum Gasteiger partial charge on any atom is 0.300 e. The van der Waals surface area contributed by atoms with Crippen LogP contribution in [0, 0.1) is 0 Å². The standard InChI is InChI=1S/C19H11F2NO2/c20-19(21)12-6-1-4-10-15(19)16(11-5-7-12)22-17(23)13-8-2-3-9-14(13)18(22)24/h1-11H. The number of allylic oxidation sites excluding steroid dienone is 9. The molecule has 0 aromatic heterocycles. The molecule has 0 atom stereocenters. The van der Waals surface area contributed by atoms with E-state index in [1.165, 1.54) is 54.7 Å². The second-order valence-corrected chi connectivity index (χ2v) is 5.56. The molecule has 0 N–H and O–H groups in total. The first-order valence-electron chi connectivity index (χ1n) is 7.36. The van der Waals surface area contributed by atoms with Crippen molar-refractivity contribution >= 4 is 11.8 Å². The van der Waals surface area contributed by atoms with Crippen molar-refractivity contribution in [3.8, 4) is 0 Å². The number of amides is 2. The van der Waals surface area contributed by atoms with Crippen LogP contribution < -0.4 is 0 Å². The molecule has 0 fully saturated rings. The highest BCUT2D eigenvalue weighted by Crippen LogP contribution is 2.43. The fourth-order valence-corrected chi connectivity index (χ4v) is 3.02. The predicted molar refractivity (Wildman–Crippen MR) is 84.4 cm³/mol. The Morgan fingerprint density at radius 1 is 0.833 bits per heavy atom. The lowest BCUT2D eigenvalue weighted by molar-refractivity contribution is 0.0662. The number of alkyl halides is 2. The molecular formula is C19H11F2NO2. The van der Waals surface area contributed by atoms with Gasteiger partial charge in [-0.1, -0.05) is 48.6 Å². The van der Waals surface area contributed by atoms with Crippen molar-refractivity contribution in [2.45, 2.75) is 5.92 Å². The van der Waals surface area contributed by atoms with Gasteiger partial charge in [-0.3, -0.25) is 9.59 Å². The Hall–Kier alpha value is -3.08. The largest absolute Gasteiger partial charge is 0.300 e. The van der Waals surface area contributed by atoms with Gasteiger partial charge >= 0.3 is 0 Å². The van der Waals surface area contributed by atoms with Gasteiger partial charge in [0.1, 0.15) is 0 Å². The van der Waals surface area contributed by atoms with Crippen LogP contribution in [0.1, 0.15) is 20.7 Å². The number of halogens is 2. The zero-order valence-electron chi connectivity index (χ0n) is 12.4. The molecule has 24 heavy (non-hydrogen) atoms. The minimum atomic E-state index is -3.29. The van der Waals surface area contributed by atoms with Crippen LogP contribution in [0.5, 0.6) is 0 Å². The summed E-state index contributed by atoms with van der Waals surface area (Å²) in [4.78, 5) is 26.1. The van der Waals surface area contributed by atoms with Crippen molar-refractivity contribution in [3.63, 3.8) is 0 Å². The molecule has 3 nitrogen and oxygen atoms in total. The van der Waals surface area contributed by atoms with Crippen LogP contribution in [0.2, 0.25) is 0 Å². The molecule has 118 valence electrons. The molecule has 0 saturated carbocycles. The van der Waals surface area contributed by atoms with Gasteiger partial charge in [-0.05, 0) is 18.2 Å². The number of benzene rings is 1. The number of hydrogen-bond donors (Lipinski definition) is 0. The maximum atomic E-state index is 14.8. The first-order valence-corrected chi connectivity index (χ1v) is 7.36. The van der Waals surface area contributed by atoms with Gasteiger partial charge in [0, 0.05) is 11.1 Å². The molecule has 0 saturated heterocycles. The Bertz CT molecular complexity index is 897. The van der Waals surface area contributed by atoms with Gasteiger partial charge < -0.3 is 0 Å². The van der Waals surface area contributed by atoms with E-state index < -0.39 is 17.7 Å². The summed E-state index contributed by atoms with van der Waals surface area (Å²) in [5.74, 6) is -4.47. The van der Waals surface area contributed by atoms with Crippen molar-refractivity contribution in [1.29, 1.82) is 0 Å². The molecule has 0 unspecified atom stereocenters. The van der Waals surface area contributed by atoms with Crippen LogP contribution in [-0.2, 0) is 0 Å². The summed E-state index contributed by atoms with van der Waals surface area (Å²) in [6.45, 7) is 0. The van der Waals surface area contributed by atoms with Crippen LogP contribution in [-0.4, -0.2) is 22.6 Å². The van der Waals surface area contributed by atoms with E-state index in [0.29, 0.717) is 0 Å². The highest BCUT2D eigenvalue weighted by atomic mass is 19.3. The quantitative estimate of drug-likeness (QED) is 0.737. The van der Waals surface area contributed by atoms with Gasteiger partial charge in [-0.2, -0.15) is 8.78 Å². The zero-order chi connectivity index (χ0) is 16.9. The Morgan fingerprint density at radius 2 is 1.46 bits per heavy atom. The Balaban J connectivity index is 1.88. The topological polar surface area (TPSA) is 37.4 Å². The van der Waals surface area contributed by atoms with E-state index in [2.05, 4.69) is 0 Å². The van der Waals surface area contributed by atoms with E-state index in [1.54, 1.807) is 12.1 Å². The molecule has 0 radical (unpaired) electrons. The number of hydrogen-bond acceptors (Lipinski definition) is 2. The molecule has 2 aliphatic carbocycles. The molecule has 1 aliphatic heterocycles. The van der Waals surface area contributed by atoms with E-state index in [4.69, 9.17) is 0 Å². The average Bonchev–Trinajstić information content (AvgIpc) is 2.67. The molecule has 1 aromatic rings. The molecule has 1 aromatic carbocycles. The smallest absolute Gasteiger partial charge is 0.268 e. The SMILES string of the molecule is O=C1c2ccccc2C(=O)N1C1=CC=CC2=CC=CC=C1C2(F)F. The van der Waals surface area contributed by atoms with E-state index >= 15 is 0 Å². The number of fused-ring (bicyclic) bond motifs is 3. The van der Waals surface area contributed by atoms with Crippen LogP contribution in [0.15, 0.2) is 83.6 Å². The lowest BCUT2D eigenvalue weighted by Gasteiger charge is -2.25. The monoisotopic (exact) mass is 323 g/mol. The van der Waals surface area contributed by atoms with Gasteiger partial charge in [0.2, 0.25) is 0 Å². The van der Waals surface area contributed by atoms with Gasteiger partial charge in [-0.15, -0.1) is 0 Å². The maximum absolute atomic E-state index is 14.8. The first kappa shape index (κ1) is 14.5. The summed E-state index contributed by atoms with van der Waals surface area (Å²) < 4.78 is 29.6. The zero-order valence-corrected chi connectivity index (χ0v) is 12.4. The summed E-state index contributed by atoms with van der Waals surface area (Å²) in [5.41, 5.74) is -0.217. The van der Waals surface area contributed by atoms with Crippen molar-refractivity contribution in [2.24, 2.45) is 0 Å². The van der Waals surface area contributed by atoms with E-state index in [-0.39, 0.29) is 28.0 Å². The number of carbonyl (C=O) groups excluding carboxylic acids is 2. The summed E-state index contributed by atoms with van der Waals surface area (Å²) in [7, 11) is 0. The number of imide groups is 1. The van der Waals surface area contributed by atoms with Crippen LogP contribution in [0.25, 0.3) is 0 Å². The van der Waals surface area contributed by atoms with Crippen molar-refractivity contribution < 1.29 is 18.4 Å². The predicted octanol–water partition coefficient (Wildman–Crippen LogP) is 3.79. The van der Waals surface area contributed by atoms with E-state index in [9.17, 15) is 18.4 Å². The fraction of sp³-hybridized carbons (Fsp3) is 0.0526. The molecule has 5 heteroatoms. The summed E-state index contributed by atoms with van der Waals surface area (Å²) in [6, 6.07) is 6.32. The second kappa shape index (κ2) is 4.96. The third-order valence-electron chi connectivity index (χ3n) is 4.19. The van der Waals surface area contributed by atoms with Gasteiger partial charge in [0.25, 0.3) is 17.7 Å². The van der Waals surface area contributed by atoms with Crippen LogP contribution >= 0.6 is 0 Å². The normalized spacial score (nSPS) is 20.9. The van der Waals surface area contributed by atoms with Crippen LogP contribution in [0.4, 0.5) is 8.78 Å². The first-order chi connectivity index (χ1) is 11.5. The molecule has 0 spiro atoms. The molecule has 4 rings (SSSR count). The summed E-state index contributed by atoms with van der Waals surface area (Å²) >= 11 is 0. The van der Waals surface area contributed by atoms with Gasteiger partial charge in [-0.25, -0.2) is 4.90 Å². The number of rotatable bonds is 1. The summed E-state index contributed by atoms with van der Waals surface area (Å²) in [5, 5.41) is 0. The third kappa shape index (κ3) is 1.88. The van der Waals surface area contributed by atoms with E-state index in [1.807, 2.05) is 0 Å². The second-order valence-electron chi connectivity index (χ2n) is 5.56. The minimum Gasteiger partial charge on any atom is -0.268 e. The van der Waals surface area contributed by atoms with Crippen molar-refractivity contribution in [2.75, 3.05) is 0 Å². The van der Waals surface area contributed by atoms with Gasteiger partial charge in [0.15, 0.2) is 0 Å². The number of carbonyl (C=O) groups is 2. The van der Waals surface area contributed by atoms with Crippen molar-refractivity contribution in [1.82, 2.24) is 4.90 Å². The molecule has 1 heterocycles. The third-order valence-corrected chi connectivity index (χ3v) is 4.19. The van der Waals surface area contributed by atoms with Gasteiger partial charge in [0.05, 0.1) is 16.8 Å². The average molecular weight is 323 g/mol. The lowest BCUT2D eigenvalue weighted by Crippen LogP contribution is -2.34. The van der Waals surface area contributed by atoms with Crippen LogP contribution in [0.3, 0.4) is 0 Å².